The van der Waals surface area contributed by atoms with Crippen molar-refractivity contribution in [2.24, 2.45) is 11.3 Å². The second-order valence-corrected chi connectivity index (χ2v) is 5.31. The van der Waals surface area contributed by atoms with Crippen LogP contribution in [0, 0.1) is 11.3 Å². The van der Waals surface area contributed by atoms with Gasteiger partial charge in [0, 0.05) is 19.1 Å². The van der Waals surface area contributed by atoms with E-state index < -0.39 is 11.4 Å². The van der Waals surface area contributed by atoms with E-state index >= 15 is 0 Å². The van der Waals surface area contributed by atoms with Crippen LogP contribution in [0.4, 0.5) is 4.79 Å². The van der Waals surface area contributed by atoms with Crippen LogP contribution in [-0.4, -0.2) is 41.1 Å². The molecule has 2 N–H and O–H groups in total. The van der Waals surface area contributed by atoms with Crippen molar-refractivity contribution in [3.63, 3.8) is 0 Å². The molecule has 16 heavy (non-hydrogen) atoms. The Hall–Kier alpha value is -1.26. The number of hydrogen-bond donors (Lipinski definition) is 2. The van der Waals surface area contributed by atoms with Gasteiger partial charge in [-0.3, -0.25) is 4.79 Å². The molecule has 1 aliphatic heterocycles. The van der Waals surface area contributed by atoms with E-state index in [2.05, 4.69) is 12.2 Å². The van der Waals surface area contributed by atoms with E-state index in [0.29, 0.717) is 31.5 Å². The summed E-state index contributed by atoms with van der Waals surface area (Å²) in [5.74, 6) is -0.250. The number of carbonyl (C=O) groups is 2. The Morgan fingerprint density at radius 1 is 1.50 bits per heavy atom. The van der Waals surface area contributed by atoms with Gasteiger partial charge in [-0.05, 0) is 25.7 Å². The minimum Gasteiger partial charge on any atom is -0.481 e. The van der Waals surface area contributed by atoms with Crippen molar-refractivity contribution in [1.29, 1.82) is 0 Å². The van der Waals surface area contributed by atoms with Crippen LogP contribution in [0.1, 0.15) is 26.7 Å². The zero-order valence-corrected chi connectivity index (χ0v) is 9.69. The Balaban J connectivity index is 1.88. The average Bonchev–Trinajstić information content (AvgIpc) is 2.75. The molecule has 0 radical (unpaired) electrons. The Morgan fingerprint density at radius 3 is 2.56 bits per heavy atom. The van der Waals surface area contributed by atoms with Crippen molar-refractivity contribution < 1.29 is 14.7 Å². The number of aliphatic carboxylic acids is 1. The lowest BCUT2D eigenvalue weighted by Crippen LogP contribution is -2.42. The molecule has 2 aliphatic rings. The van der Waals surface area contributed by atoms with Gasteiger partial charge in [-0.2, -0.15) is 0 Å². The molecule has 0 bridgehead atoms. The standard InChI is InChI=1S/C11H18N2O3/c1-7-5-8(7)12-10(16)13-4-3-11(2,6-13)9(14)15/h7-8H,3-6H2,1-2H3,(H,12,16)(H,14,15). The van der Waals surface area contributed by atoms with Crippen LogP contribution in [0.3, 0.4) is 0 Å². The Labute approximate surface area is 94.8 Å². The second kappa shape index (κ2) is 3.64. The molecule has 90 valence electrons. The summed E-state index contributed by atoms with van der Waals surface area (Å²) >= 11 is 0. The molecule has 3 unspecified atom stereocenters. The molecule has 2 rings (SSSR count). The molecule has 0 aromatic heterocycles. The van der Waals surface area contributed by atoms with Gasteiger partial charge in [0.1, 0.15) is 0 Å². The maximum absolute atomic E-state index is 11.8. The number of nitrogens with one attached hydrogen (secondary N) is 1. The molecule has 5 nitrogen and oxygen atoms in total. The predicted molar refractivity (Wildman–Crippen MR) is 58.0 cm³/mol. The third kappa shape index (κ3) is 1.99. The maximum atomic E-state index is 11.8. The summed E-state index contributed by atoms with van der Waals surface area (Å²) < 4.78 is 0. The lowest BCUT2D eigenvalue weighted by atomic mass is 9.90. The minimum atomic E-state index is -0.817. The highest BCUT2D eigenvalue weighted by molar-refractivity contribution is 5.79. The number of amides is 2. The number of likely N-dealkylation sites (tertiary alicyclic amines) is 1. The Bertz CT molecular complexity index is 331. The van der Waals surface area contributed by atoms with Gasteiger partial charge in [-0.25, -0.2) is 4.79 Å². The molecule has 1 aliphatic carbocycles. The Kier molecular flexibility index (Phi) is 2.56. The molecule has 2 amide bonds. The minimum absolute atomic E-state index is 0.112. The topological polar surface area (TPSA) is 69.6 Å². The van der Waals surface area contributed by atoms with Crippen LogP contribution in [0.15, 0.2) is 0 Å². The second-order valence-electron chi connectivity index (χ2n) is 5.31. The fraction of sp³-hybridized carbons (Fsp3) is 0.818. The highest BCUT2D eigenvalue weighted by Gasteiger charge is 2.43. The molecular weight excluding hydrogens is 208 g/mol. The highest BCUT2D eigenvalue weighted by Crippen LogP contribution is 2.32. The molecule has 0 aromatic carbocycles. The van der Waals surface area contributed by atoms with E-state index in [1.807, 2.05) is 0 Å². The molecule has 1 saturated heterocycles. The number of carboxylic acids is 1. The Morgan fingerprint density at radius 2 is 2.12 bits per heavy atom. The molecule has 0 aromatic rings. The van der Waals surface area contributed by atoms with Crippen molar-refractivity contribution >= 4 is 12.0 Å². The number of hydrogen-bond acceptors (Lipinski definition) is 2. The number of rotatable bonds is 2. The zero-order valence-electron chi connectivity index (χ0n) is 9.69. The average molecular weight is 226 g/mol. The zero-order chi connectivity index (χ0) is 11.9. The highest BCUT2D eigenvalue weighted by atomic mass is 16.4. The van der Waals surface area contributed by atoms with Gasteiger partial charge >= 0.3 is 12.0 Å². The van der Waals surface area contributed by atoms with E-state index in [1.165, 1.54) is 0 Å². The fourth-order valence-electron chi connectivity index (χ4n) is 2.08. The maximum Gasteiger partial charge on any atom is 0.317 e. The number of carbonyl (C=O) groups excluding carboxylic acids is 1. The van der Waals surface area contributed by atoms with Gasteiger partial charge in [0.15, 0.2) is 0 Å². The SMILES string of the molecule is CC1CC1NC(=O)N1CCC(C)(C(=O)O)C1. The molecule has 1 saturated carbocycles. The normalized spacial score (nSPS) is 37.2. The van der Waals surface area contributed by atoms with Crippen molar-refractivity contribution in [3.05, 3.63) is 0 Å². The van der Waals surface area contributed by atoms with Crippen LogP contribution in [0.25, 0.3) is 0 Å². The number of nitrogens with zero attached hydrogens (tertiary/aromatic N) is 1. The summed E-state index contributed by atoms with van der Waals surface area (Å²) in [5, 5.41) is 12.0. The lowest BCUT2D eigenvalue weighted by molar-refractivity contribution is -0.146. The molecule has 3 atom stereocenters. The van der Waals surface area contributed by atoms with Crippen molar-refractivity contribution in [3.8, 4) is 0 Å². The van der Waals surface area contributed by atoms with Crippen molar-refractivity contribution in [2.45, 2.75) is 32.7 Å². The van der Waals surface area contributed by atoms with Gasteiger partial charge in [0.25, 0.3) is 0 Å². The quantitative estimate of drug-likeness (QED) is 0.735. The number of urea groups is 1. The van der Waals surface area contributed by atoms with Crippen molar-refractivity contribution in [1.82, 2.24) is 10.2 Å². The van der Waals surface area contributed by atoms with E-state index in [9.17, 15) is 9.59 Å². The monoisotopic (exact) mass is 226 g/mol. The molecule has 0 spiro atoms. The van der Waals surface area contributed by atoms with E-state index in [0.717, 1.165) is 6.42 Å². The van der Waals surface area contributed by atoms with Gasteiger partial charge in [-0.1, -0.05) is 6.92 Å². The smallest absolute Gasteiger partial charge is 0.317 e. The van der Waals surface area contributed by atoms with Crippen molar-refractivity contribution in [2.75, 3.05) is 13.1 Å². The van der Waals surface area contributed by atoms with E-state index in [1.54, 1.807) is 11.8 Å². The van der Waals surface area contributed by atoms with Crippen LogP contribution in [0.5, 0.6) is 0 Å². The molecule has 5 heteroatoms. The van der Waals surface area contributed by atoms with Gasteiger partial charge in [0.05, 0.1) is 5.41 Å². The first-order valence-electron chi connectivity index (χ1n) is 5.71. The third-order valence-electron chi connectivity index (χ3n) is 3.70. The van der Waals surface area contributed by atoms with Crippen LogP contribution >= 0.6 is 0 Å². The summed E-state index contributed by atoms with van der Waals surface area (Å²) in [6, 6.07) is 0.184. The van der Waals surface area contributed by atoms with Gasteiger partial charge in [0.2, 0.25) is 0 Å². The number of carboxylic acid groups (broad SMARTS) is 1. The summed E-state index contributed by atoms with van der Waals surface area (Å²) in [6.45, 7) is 4.64. The predicted octanol–water partition coefficient (Wildman–Crippen LogP) is 0.901. The van der Waals surface area contributed by atoms with Gasteiger partial charge < -0.3 is 15.3 Å². The van der Waals surface area contributed by atoms with Gasteiger partial charge in [-0.15, -0.1) is 0 Å². The first-order chi connectivity index (χ1) is 7.42. The molecule has 2 fully saturated rings. The van der Waals surface area contributed by atoms with Crippen LogP contribution < -0.4 is 5.32 Å². The molecule has 1 heterocycles. The van der Waals surface area contributed by atoms with Crippen LogP contribution in [0.2, 0.25) is 0 Å². The van der Waals surface area contributed by atoms with Crippen LogP contribution in [-0.2, 0) is 4.79 Å². The lowest BCUT2D eigenvalue weighted by Gasteiger charge is -2.20. The van der Waals surface area contributed by atoms with E-state index in [4.69, 9.17) is 5.11 Å². The summed E-state index contributed by atoms with van der Waals surface area (Å²) in [6.07, 6.45) is 1.58. The third-order valence-corrected chi connectivity index (χ3v) is 3.70. The first-order valence-corrected chi connectivity index (χ1v) is 5.71. The molecular formula is C11H18N2O3. The summed E-state index contributed by atoms with van der Waals surface area (Å²) in [5.41, 5.74) is -0.771. The largest absolute Gasteiger partial charge is 0.481 e. The summed E-state index contributed by atoms with van der Waals surface area (Å²) in [4.78, 5) is 24.4. The first kappa shape index (κ1) is 11.2. The van der Waals surface area contributed by atoms with E-state index in [-0.39, 0.29) is 6.03 Å². The fourth-order valence-corrected chi connectivity index (χ4v) is 2.08. The summed E-state index contributed by atoms with van der Waals surface area (Å²) in [7, 11) is 0.